The van der Waals surface area contributed by atoms with E-state index in [4.69, 9.17) is 5.11 Å². The molecule has 0 spiro atoms. The zero-order valence-corrected chi connectivity index (χ0v) is 12.3. The van der Waals surface area contributed by atoms with E-state index in [1.807, 2.05) is 25.1 Å². The summed E-state index contributed by atoms with van der Waals surface area (Å²) in [4.78, 5) is 12.6. The summed E-state index contributed by atoms with van der Waals surface area (Å²) in [5.41, 5.74) is 5.13. The Morgan fingerprint density at radius 3 is 2.41 bits per heavy atom. The molecule has 0 heterocycles. The monoisotopic (exact) mass is 299 g/mol. The van der Waals surface area contributed by atoms with E-state index in [1.165, 1.54) is 18.3 Å². The third-order valence-corrected chi connectivity index (χ3v) is 3.06. The molecule has 0 saturated carbocycles. The van der Waals surface area contributed by atoms with E-state index in [1.54, 1.807) is 24.3 Å². The van der Waals surface area contributed by atoms with Crippen LogP contribution in [0.25, 0.3) is 0 Å². The van der Waals surface area contributed by atoms with Crippen LogP contribution in [-0.4, -0.2) is 36.5 Å². The molecular weight excluding hydrogens is 282 g/mol. The van der Waals surface area contributed by atoms with E-state index >= 15 is 0 Å². The molecule has 6 nitrogen and oxygen atoms in total. The Labute approximate surface area is 128 Å². The molecule has 0 saturated heterocycles. The van der Waals surface area contributed by atoms with Crippen molar-refractivity contribution in [1.29, 1.82) is 0 Å². The first-order chi connectivity index (χ1) is 10.5. The molecule has 0 aromatic heterocycles. The van der Waals surface area contributed by atoms with Crippen molar-refractivity contribution < 1.29 is 15.0 Å². The molecule has 22 heavy (non-hydrogen) atoms. The van der Waals surface area contributed by atoms with Crippen LogP contribution in [0.5, 0.6) is 5.75 Å². The lowest BCUT2D eigenvalue weighted by molar-refractivity contribution is 0.0697. The average molecular weight is 299 g/mol. The minimum atomic E-state index is -0.971. The van der Waals surface area contributed by atoms with Crippen LogP contribution in [0.2, 0.25) is 0 Å². The lowest BCUT2D eigenvalue weighted by Gasteiger charge is -2.13. The molecule has 2 aromatic carbocycles. The van der Waals surface area contributed by atoms with Gasteiger partial charge < -0.3 is 15.1 Å². The van der Waals surface area contributed by atoms with Crippen LogP contribution in [0.1, 0.15) is 15.9 Å². The van der Waals surface area contributed by atoms with Crippen molar-refractivity contribution in [3.8, 4) is 5.75 Å². The molecule has 0 radical (unpaired) electrons. The van der Waals surface area contributed by atoms with Gasteiger partial charge in [0.25, 0.3) is 0 Å². The van der Waals surface area contributed by atoms with Gasteiger partial charge in [0, 0.05) is 31.4 Å². The van der Waals surface area contributed by atoms with Crippen LogP contribution in [0.4, 0.5) is 11.4 Å². The predicted octanol–water partition coefficient (Wildman–Crippen LogP) is 2.60. The number of hydrazone groups is 1. The minimum Gasteiger partial charge on any atom is -0.507 e. The van der Waals surface area contributed by atoms with E-state index in [-0.39, 0.29) is 11.3 Å². The maximum Gasteiger partial charge on any atom is 0.335 e. The first-order valence-electron chi connectivity index (χ1n) is 6.60. The Bertz CT molecular complexity index is 694. The summed E-state index contributed by atoms with van der Waals surface area (Å²) in [6.45, 7) is 0. The highest BCUT2D eigenvalue weighted by atomic mass is 16.4. The number of phenolic OH excluding ortho intramolecular Hbond substituents is 1. The number of anilines is 2. The van der Waals surface area contributed by atoms with Crippen LogP contribution in [0.3, 0.4) is 0 Å². The summed E-state index contributed by atoms with van der Waals surface area (Å²) in [5, 5.41) is 22.8. The summed E-state index contributed by atoms with van der Waals surface area (Å²) >= 11 is 0. The van der Waals surface area contributed by atoms with Gasteiger partial charge in [0.15, 0.2) is 0 Å². The van der Waals surface area contributed by atoms with Crippen molar-refractivity contribution in [2.75, 3.05) is 24.4 Å². The standard InChI is InChI=1S/C16H17N3O3/c1-19(2)14-8-5-12(15(20)9-14)10-17-18-13-6-3-11(4-7-13)16(21)22/h3-10,18,20H,1-2H3,(H,21,22). The predicted molar refractivity (Wildman–Crippen MR) is 87.1 cm³/mol. The summed E-state index contributed by atoms with van der Waals surface area (Å²) in [5.74, 6) is -0.834. The number of carbonyl (C=O) groups is 1. The van der Waals surface area contributed by atoms with E-state index in [0.29, 0.717) is 11.3 Å². The normalized spacial score (nSPS) is 10.6. The van der Waals surface area contributed by atoms with Crippen molar-refractivity contribution in [3.05, 3.63) is 53.6 Å². The van der Waals surface area contributed by atoms with Gasteiger partial charge in [0.2, 0.25) is 0 Å². The molecule has 3 N–H and O–H groups in total. The fourth-order valence-corrected chi connectivity index (χ4v) is 1.78. The Kier molecular flexibility index (Phi) is 4.63. The molecule has 0 aliphatic rings. The summed E-state index contributed by atoms with van der Waals surface area (Å²) in [6, 6.07) is 11.5. The zero-order chi connectivity index (χ0) is 16.1. The molecule has 114 valence electrons. The van der Waals surface area contributed by atoms with Gasteiger partial charge >= 0.3 is 5.97 Å². The summed E-state index contributed by atoms with van der Waals surface area (Å²) < 4.78 is 0. The lowest BCUT2D eigenvalue weighted by Crippen LogP contribution is -2.08. The fourth-order valence-electron chi connectivity index (χ4n) is 1.78. The van der Waals surface area contributed by atoms with E-state index in [2.05, 4.69) is 10.5 Å². The van der Waals surface area contributed by atoms with E-state index in [0.717, 1.165) is 5.69 Å². The quantitative estimate of drug-likeness (QED) is 0.583. The highest BCUT2D eigenvalue weighted by Crippen LogP contribution is 2.22. The lowest BCUT2D eigenvalue weighted by atomic mass is 10.2. The number of aromatic carboxylic acids is 1. The molecule has 0 amide bonds. The number of hydrogen-bond acceptors (Lipinski definition) is 5. The molecule has 2 rings (SSSR count). The van der Waals surface area contributed by atoms with Crippen LogP contribution in [0, 0.1) is 0 Å². The molecule has 2 aromatic rings. The first-order valence-corrected chi connectivity index (χ1v) is 6.60. The molecule has 0 aliphatic carbocycles. The summed E-state index contributed by atoms with van der Waals surface area (Å²) in [7, 11) is 3.79. The van der Waals surface area contributed by atoms with Crippen molar-refractivity contribution in [3.63, 3.8) is 0 Å². The highest BCUT2D eigenvalue weighted by molar-refractivity contribution is 5.88. The van der Waals surface area contributed by atoms with Gasteiger partial charge in [-0.15, -0.1) is 0 Å². The molecular formula is C16H17N3O3. The van der Waals surface area contributed by atoms with E-state index in [9.17, 15) is 9.90 Å². The van der Waals surface area contributed by atoms with Gasteiger partial charge in [-0.2, -0.15) is 5.10 Å². The van der Waals surface area contributed by atoms with Crippen molar-refractivity contribution in [1.82, 2.24) is 0 Å². The molecule has 0 unspecified atom stereocenters. The van der Waals surface area contributed by atoms with Crippen molar-refractivity contribution in [2.45, 2.75) is 0 Å². The summed E-state index contributed by atoms with van der Waals surface area (Å²) in [6.07, 6.45) is 1.50. The van der Waals surface area contributed by atoms with Crippen LogP contribution >= 0.6 is 0 Å². The number of hydrogen-bond donors (Lipinski definition) is 3. The molecule has 0 aliphatic heterocycles. The van der Waals surface area contributed by atoms with Gasteiger partial charge in [0.05, 0.1) is 17.5 Å². The number of rotatable bonds is 5. The zero-order valence-electron chi connectivity index (χ0n) is 12.3. The number of carboxylic acids is 1. The first kappa shape index (κ1) is 15.4. The third kappa shape index (κ3) is 3.76. The Morgan fingerprint density at radius 2 is 1.86 bits per heavy atom. The Morgan fingerprint density at radius 1 is 1.18 bits per heavy atom. The Hall–Kier alpha value is -3.02. The number of nitrogens with one attached hydrogen (secondary N) is 1. The highest BCUT2D eigenvalue weighted by Gasteiger charge is 2.02. The van der Waals surface area contributed by atoms with Gasteiger partial charge in [-0.3, -0.25) is 5.43 Å². The van der Waals surface area contributed by atoms with Crippen molar-refractivity contribution in [2.24, 2.45) is 5.10 Å². The largest absolute Gasteiger partial charge is 0.507 e. The van der Waals surface area contributed by atoms with Gasteiger partial charge in [-0.1, -0.05) is 0 Å². The van der Waals surface area contributed by atoms with Crippen LogP contribution in [0.15, 0.2) is 47.6 Å². The maximum absolute atomic E-state index is 10.7. The maximum atomic E-state index is 10.7. The number of phenols is 1. The van der Waals surface area contributed by atoms with Gasteiger partial charge in [0.1, 0.15) is 5.75 Å². The average Bonchev–Trinajstić information content (AvgIpc) is 2.49. The van der Waals surface area contributed by atoms with Crippen LogP contribution < -0.4 is 10.3 Å². The molecule has 0 bridgehead atoms. The van der Waals surface area contributed by atoms with E-state index < -0.39 is 5.97 Å². The topological polar surface area (TPSA) is 85.2 Å². The smallest absolute Gasteiger partial charge is 0.335 e. The SMILES string of the molecule is CN(C)c1ccc(C=NNc2ccc(C(=O)O)cc2)c(O)c1. The second kappa shape index (κ2) is 6.62. The minimum absolute atomic E-state index is 0.137. The molecule has 0 fully saturated rings. The van der Waals surface area contributed by atoms with Crippen molar-refractivity contribution >= 4 is 23.6 Å². The molecule has 0 atom stereocenters. The van der Waals surface area contributed by atoms with Gasteiger partial charge in [-0.25, -0.2) is 4.79 Å². The number of benzene rings is 2. The fraction of sp³-hybridized carbons (Fsp3) is 0.125. The second-order valence-corrected chi connectivity index (χ2v) is 4.89. The van der Waals surface area contributed by atoms with Gasteiger partial charge in [-0.05, 0) is 36.4 Å². The van der Waals surface area contributed by atoms with Crippen LogP contribution in [-0.2, 0) is 0 Å². The number of carboxylic acid groups (broad SMARTS) is 1. The second-order valence-electron chi connectivity index (χ2n) is 4.89. The molecule has 6 heteroatoms. The number of nitrogens with zero attached hydrogens (tertiary/aromatic N) is 2. The number of aromatic hydroxyl groups is 1. The Balaban J connectivity index is 2.04. The third-order valence-electron chi connectivity index (χ3n) is 3.06.